The van der Waals surface area contributed by atoms with Crippen molar-refractivity contribution in [1.29, 1.82) is 0 Å². The first kappa shape index (κ1) is 21.3. The molecule has 2 rings (SSSR count). The molecule has 0 aliphatic carbocycles. The highest BCUT2D eigenvalue weighted by Crippen LogP contribution is 2.09. The van der Waals surface area contributed by atoms with Gasteiger partial charge in [-0.15, -0.1) is 0 Å². The van der Waals surface area contributed by atoms with E-state index in [1.807, 2.05) is 0 Å². The quantitative estimate of drug-likeness (QED) is 0.263. The lowest BCUT2D eigenvalue weighted by atomic mass is 10.1. The molecule has 10 nitrogen and oxygen atoms in total. The van der Waals surface area contributed by atoms with Crippen LogP contribution in [0.3, 0.4) is 0 Å². The van der Waals surface area contributed by atoms with Crippen molar-refractivity contribution in [2.24, 2.45) is 5.73 Å². The summed E-state index contributed by atoms with van der Waals surface area (Å²) in [6.07, 6.45) is 2.94. The number of rotatable bonds is 7. The van der Waals surface area contributed by atoms with Gasteiger partial charge in [0.15, 0.2) is 11.2 Å². The first-order valence-electron chi connectivity index (χ1n) is 7.81. The maximum atomic E-state index is 11.7. The molecule has 0 aliphatic heterocycles. The van der Waals surface area contributed by atoms with Gasteiger partial charge >= 0.3 is 5.69 Å². The summed E-state index contributed by atoms with van der Waals surface area (Å²) in [5.74, 6) is 0. The molecule has 7 N–H and O–H groups in total. The van der Waals surface area contributed by atoms with Gasteiger partial charge in [0.25, 0.3) is 5.56 Å². The first-order chi connectivity index (χ1) is 11.8. The average molecular weight is 378 g/mol. The Morgan fingerprint density at radius 3 is 2.24 bits per heavy atom. The third kappa shape index (κ3) is 5.65. The predicted octanol–water partition coefficient (Wildman–Crippen LogP) is -1.08. The molecular formula is C14H24ClN5O5. The van der Waals surface area contributed by atoms with Gasteiger partial charge in [0, 0.05) is 6.54 Å². The van der Waals surface area contributed by atoms with Gasteiger partial charge in [-0.2, -0.15) is 4.98 Å². The van der Waals surface area contributed by atoms with Crippen LogP contribution in [-0.2, 0) is 6.54 Å². The van der Waals surface area contributed by atoms with E-state index < -0.39 is 36.6 Å². The number of halogens is 1. The van der Waals surface area contributed by atoms with Gasteiger partial charge in [-0.3, -0.25) is 14.3 Å². The van der Waals surface area contributed by atoms with Crippen molar-refractivity contribution >= 4 is 22.8 Å². The van der Waals surface area contributed by atoms with E-state index >= 15 is 0 Å². The summed E-state index contributed by atoms with van der Waals surface area (Å²) < 4.78 is 1.44. The number of hydrogen-bond donors (Lipinski definition) is 6. The van der Waals surface area contributed by atoms with Crippen LogP contribution in [0.5, 0.6) is 0 Å². The highest BCUT2D eigenvalue weighted by molar-refractivity contribution is 6.28. The Morgan fingerprint density at radius 2 is 1.76 bits per heavy atom. The normalized spacial score (nSPS) is 11.4. The maximum absolute atomic E-state index is 11.7. The molecule has 2 heterocycles. The Hall–Kier alpha value is -1.72. The molecule has 11 heteroatoms. The maximum Gasteiger partial charge on any atom is 0.330 e. The lowest BCUT2D eigenvalue weighted by Gasteiger charge is -2.20. The van der Waals surface area contributed by atoms with Gasteiger partial charge in [0.05, 0.1) is 25.4 Å². The molecule has 0 aromatic carbocycles. The van der Waals surface area contributed by atoms with Crippen LogP contribution < -0.4 is 17.0 Å². The summed E-state index contributed by atoms with van der Waals surface area (Å²) in [5.41, 5.74) is 3.57. The van der Waals surface area contributed by atoms with Crippen molar-refractivity contribution < 1.29 is 15.3 Å². The molecule has 142 valence electrons. The number of fused-ring (bicyclic) bond motifs is 1. The van der Waals surface area contributed by atoms with E-state index in [0.717, 1.165) is 19.3 Å². The Labute approximate surface area is 148 Å². The van der Waals surface area contributed by atoms with E-state index in [1.54, 1.807) is 0 Å². The van der Waals surface area contributed by atoms with Crippen LogP contribution in [0.2, 0.25) is 5.28 Å². The summed E-state index contributed by atoms with van der Waals surface area (Å²) in [6, 6.07) is 0. The molecular weight excluding hydrogens is 354 g/mol. The molecule has 2 aromatic heterocycles. The number of H-pyrrole nitrogens is 2. The zero-order chi connectivity index (χ0) is 19.0. The minimum Gasteiger partial charge on any atom is -0.394 e. The largest absolute Gasteiger partial charge is 0.394 e. The zero-order valence-corrected chi connectivity index (χ0v) is 14.7. The van der Waals surface area contributed by atoms with E-state index in [0.29, 0.717) is 12.2 Å². The van der Waals surface area contributed by atoms with Gasteiger partial charge in [-0.1, -0.05) is 19.8 Å². The summed E-state index contributed by atoms with van der Waals surface area (Å²) in [7, 11) is 0. The van der Waals surface area contributed by atoms with Crippen molar-refractivity contribution in [3.63, 3.8) is 0 Å². The van der Waals surface area contributed by atoms with Crippen molar-refractivity contribution in [2.75, 3.05) is 19.8 Å². The molecule has 2 aromatic rings. The third-order valence-electron chi connectivity index (χ3n) is 3.53. The number of imidazole rings is 1. The van der Waals surface area contributed by atoms with Gasteiger partial charge in [-0.05, 0) is 18.0 Å². The van der Waals surface area contributed by atoms with Crippen LogP contribution in [-0.4, -0.2) is 60.2 Å². The van der Waals surface area contributed by atoms with E-state index in [9.17, 15) is 9.59 Å². The van der Waals surface area contributed by atoms with Crippen LogP contribution >= 0.6 is 11.6 Å². The molecule has 0 bridgehead atoms. The van der Waals surface area contributed by atoms with Gasteiger partial charge in [0.2, 0.25) is 5.28 Å². The Balaban J connectivity index is 0.000000333. The molecule has 25 heavy (non-hydrogen) atoms. The summed E-state index contributed by atoms with van der Waals surface area (Å²) in [6.45, 7) is 1.40. The Morgan fingerprint density at radius 1 is 1.16 bits per heavy atom. The Kier molecular flexibility index (Phi) is 8.26. The van der Waals surface area contributed by atoms with E-state index in [4.69, 9.17) is 32.7 Å². The minimum absolute atomic E-state index is 0.111. The van der Waals surface area contributed by atoms with E-state index in [1.165, 1.54) is 4.57 Å². The summed E-state index contributed by atoms with van der Waals surface area (Å²) in [5, 5.41) is 25.1. The second kappa shape index (κ2) is 9.68. The third-order valence-corrected chi connectivity index (χ3v) is 3.71. The van der Waals surface area contributed by atoms with Crippen LogP contribution in [0.4, 0.5) is 0 Å². The molecule has 0 saturated heterocycles. The fourth-order valence-corrected chi connectivity index (χ4v) is 2.06. The number of nitrogens with zero attached hydrogens (tertiary/aromatic N) is 2. The molecule has 0 atom stereocenters. The molecule has 0 unspecified atom stereocenters. The van der Waals surface area contributed by atoms with Crippen molar-refractivity contribution in [1.82, 2.24) is 19.5 Å². The molecule has 0 aliphatic rings. The highest BCUT2D eigenvalue weighted by atomic mass is 35.5. The number of aryl methyl sites for hydroxylation is 1. The average Bonchev–Trinajstić information content (AvgIpc) is 3.00. The van der Waals surface area contributed by atoms with Crippen LogP contribution in [0.25, 0.3) is 11.2 Å². The van der Waals surface area contributed by atoms with Crippen LogP contribution in [0.15, 0.2) is 9.59 Å². The number of aliphatic hydroxyl groups excluding tert-OH is 3. The lowest BCUT2D eigenvalue weighted by Crippen LogP contribution is -2.50. The molecule has 0 spiro atoms. The fraction of sp³-hybridized carbons (Fsp3) is 0.643. The first-order valence-corrected chi connectivity index (χ1v) is 8.19. The standard InChI is InChI=1S/C10H13ClN4O2.C4H11NO3/c1-2-3-4-5-15-7-6(12-9(11)13-7)8(16)14-10(15)17;5-4(1-6,2-7)3-8/h2-5H2,1H3,(H,12,13)(H,14,16,17);6-8H,1-3,5H2. The monoisotopic (exact) mass is 377 g/mol. The number of aromatic amines is 2. The predicted molar refractivity (Wildman–Crippen MR) is 93.7 cm³/mol. The summed E-state index contributed by atoms with van der Waals surface area (Å²) >= 11 is 5.71. The fourth-order valence-electron chi connectivity index (χ4n) is 1.89. The highest BCUT2D eigenvalue weighted by Gasteiger charge is 2.20. The second-order valence-corrected chi connectivity index (χ2v) is 6.04. The molecule has 0 amide bonds. The SMILES string of the molecule is CCCCCn1c(=O)[nH]c(=O)c2[nH]c(Cl)nc21.NC(CO)(CO)CO. The smallest absolute Gasteiger partial charge is 0.330 e. The second-order valence-electron chi connectivity index (χ2n) is 5.68. The number of aliphatic hydroxyl groups is 3. The van der Waals surface area contributed by atoms with Gasteiger partial charge in [0.1, 0.15) is 0 Å². The molecule has 0 fully saturated rings. The Bertz CT molecular complexity index is 772. The lowest BCUT2D eigenvalue weighted by molar-refractivity contribution is 0.0698. The number of nitrogens with one attached hydrogen (secondary N) is 2. The van der Waals surface area contributed by atoms with Crippen molar-refractivity contribution in [3.05, 3.63) is 26.1 Å². The van der Waals surface area contributed by atoms with Crippen molar-refractivity contribution in [3.8, 4) is 0 Å². The number of unbranched alkanes of at least 4 members (excludes halogenated alkanes) is 2. The van der Waals surface area contributed by atoms with Crippen molar-refractivity contribution in [2.45, 2.75) is 38.3 Å². The van der Waals surface area contributed by atoms with Gasteiger partial charge in [-0.25, -0.2) is 4.79 Å². The van der Waals surface area contributed by atoms with E-state index in [-0.39, 0.29) is 10.8 Å². The van der Waals surface area contributed by atoms with E-state index in [2.05, 4.69) is 21.9 Å². The topological polar surface area (TPSA) is 170 Å². The molecule has 0 saturated carbocycles. The minimum atomic E-state index is -1.21. The zero-order valence-electron chi connectivity index (χ0n) is 14.0. The summed E-state index contributed by atoms with van der Waals surface area (Å²) in [4.78, 5) is 32.0. The van der Waals surface area contributed by atoms with Crippen LogP contribution in [0.1, 0.15) is 26.2 Å². The van der Waals surface area contributed by atoms with Crippen LogP contribution in [0, 0.1) is 0 Å². The van der Waals surface area contributed by atoms with Gasteiger partial charge < -0.3 is 26.0 Å². The number of aromatic nitrogens is 4. The number of hydrogen-bond acceptors (Lipinski definition) is 7. The molecule has 0 radical (unpaired) electrons. The number of nitrogens with two attached hydrogens (primary N) is 1.